The highest BCUT2D eigenvalue weighted by Gasteiger charge is 2.24. The van der Waals surface area contributed by atoms with Gasteiger partial charge >= 0.3 is 5.69 Å². The molecule has 2 aromatic carbocycles. The lowest BCUT2D eigenvalue weighted by Gasteiger charge is -2.17. The van der Waals surface area contributed by atoms with Crippen molar-refractivity contribution in [2.24, 2.45) is 5.10 Å². The molecule has 0 saturated carbocycles. The first-order valence-corrected chi connectivity index (χ1v) is 12.4. The van der Waals surface area contributed by atoms with E-state index < -0.39 is 4.92 Å². The molecule has 0 aliphatic carbocycles. The molecule has 0 aliphatic heterocycles. The van der Waals surface area contributed by atoms with Crippen LogP contribution in [0.25, 0.3) is 10.9 Å². The molecule has 186 valence electrons. The molecule has 0 amide bonds. The fourth-order valence-corrected chi connectivity index (χ4v) is 3.75. The van der Waals surface area contributed by atoms with Gasteiger partial charge in [-0.15, -0.1) is 0 Å². The van der Waals surface area contributed by atoms with Gasteiger partial charge in [0.1, 0.15) is 5.82 Å². The van der Waals surface area contributed by atoms with Gasteiger partial charge in [0.05, 0.1) is 34.8 Å². The second kappa shape index (κ2) is 11.4. The molecule has 35 heavy (non-hydrogen) atoms. The quantitative estimate of drug-likeness (QED) is 0.175. The van der Waals surface area contributed by atoms with E-state index in [2.05, 4.69) is 26.0 Å². The first-order valence-electron chi connectivity index (χ1n) is 11.6. The van der Waals surface area contributed by atoms with Crippen molar-refractivity contribution >= 4 is 38.7 Å². The zero-order chi connectivity index (χ0) is 25.7. The number of fused-ring (bicyclic) bond motifs is 1. The van der Waals surface area contributed by atoms with Crippen molar-refractivity contribution in [2.75, 3.05) is 6.61 Å². The summed E-state index contributed by atoms with van der Waals surface area (Å²) in [4.78, 5) is 29.4. The maximum atomic E-state index is 13.3. The van der Waals surface area contributed by atoms with Crippen LogP contribution in [0, 0.1) is 10.1 Å². The second-order valence-electron chi connectivity index (χ2n) is 8.20. The Morgan fingerprint density at radius 3 is 2.57 bits per heavy atom. The third-order valence-corrected chi connectivity index (χ3v) is 6.15. The number of benzene rings is 2. The summed E-state index contributed by atoms with van der Waals surface area (Å²) in [6, 6.07) is 8.31. The van der Waals surface area contributed by atoms with Crippen LogP contribution in [0.3, 0.4) is 0 Å². The van der Waals surface area contributed by atoms with Gasteiger partial charge in [-0.3, -0.25) is 14.9 Å². The van der Waals surface area contributed by atoms with Crippen LogP contribution in [0.5, 0.6) is 11.5 Å². The minimum atomic E-state index is -0.510. The predicted molar refractivity (Wildman–Crippen MR) is 140 cm³/mol. The minimum Gasteiger partial charge on any atom is -0.490 e. The number of nitro benzene ring substituents is 1. The van der Waals surface area contributed by atoms with E-state index in [0.29, 0.717) is 35.3 Å². The van der Waals surface area contributed by atoms with Crippen molar-refractivity contribution in [1.82, 2.24) is 9.66 Å². The molecule has 0 spiro atoms. The highest BCUT2D eigenvalue weighted by molar-refractivity contribution is 9.10. The van der Waals surface area contributed by atoms with Gasteiger partial charge in [-0.05, 0) is 51.0 Å². The first kappa shape index (κ1) is 26.3. The van der Waals surface area contributed by atoms with Gasteiger partial charge in [-0.2, -0.15) is 9.78 Å². The largest absolute Gasteiger partial charge is 0.490 e. The number of halogens is 1. The molecule has 0 aliphatic rings. The van der Waals surface area contributed by atoms with Crippen LogP contribution in [0.1, 0.15) is 64.8 Å². The Kier molecular flexibility index (Phi) is 8.61. The van der Waals surface area contributed by atoms with E-state index in [1.54, 1.807) is 25.1 Å². The summed E-state index contributed by atoms with van der Waals surface area (Å²) in [5, 5.41) is 16.7. The monoisotopic (exact) mass is 544 g/mol. The SMILES string of the molecule is CCOc1cc(C=Nn2c([C@H](C)CC)nc3ccc(Br)cc3c2=O)cc([N+](=O)[O-])c1O[C@H](C)CC. The van der Waals surface area contributed by atoms with E-state index in [1.807, 2.05) is 33.8 Å². The van der Waals surface area contributed by atoms with Gasteiger partial charge in [0.25, 0.3) is 5.56 Å². The van der Waals surface area contributed by atoms with Crippen molar-refractivity contribution in [3.8, 4) is 11.5 Å². The highest BCUT2D eigenvalue weighted by atomic mass is 79.9. The fraction of sp³-hybridized carbons (Fsp3) is 0.400. The van der Waals surface area contributed by atoms with Crippen LogP contribution in [0.4, 0.5) is 5.69 Å². The molecule has 0 saturated heterocycles. The Morgan fingerprint density at radius 2 is 1.94 bits per heavy atom. The average molecular weight is 545 g/mol. The lowest BCUT2D eigenvalue weighted by molar-refractivity contribution is -0.386. The van der Waals surface area contributed by atoms with Crippen molar-refractivity contribution in [3.63, 3.8) is 0 Å². The minimum absolute atomic E-state index is 0.0347. The summed E-state index contributed by atoms with van der Waals surface area (Å²) in [7, 11) is 0. The lowest BCUT2D eigenvalue weighted by atomic mass is 10.1. The van der Waals surface area contributed by atoms with Gasteiger partial charge in [0.15, 0.2) is 5.75 Å². The molecular weight excluding hydrogens is 516 g/mol. The number of hydrogen-bond donors (Lipinski definition) is 0. The van der Waals surface area contributed by atoms with E-state index in [9.17, 15) is 14.9 Å². The third kappa shape index (κ3) is 5.87. The summed E-state index contributed by atoms with van der Waals surface area (Å²) in [6.45, 7) is 9.83. The van der Waals surface area contributed by atoms with Crippen LogP contribution in [-0.4, -0.2) is 33.5 Å². The molecule has 1 heterocycles. The molecular formula is C25H29BrN4O5. The van der Waals surface area contributed by atoms with Crippen molar-refractivity contribution in [2.45, 2.75) is 59.5 Å². The molecule has 10 heteroatoms. The number of aromatic nitrogens is 2. The molecule has 0 unspecified atom stereocenters. The number of ether oxygens (including phenoxy) is 2. The Morgan fingerprint density at radius 1 is 1.20 bits per heavy atom. The summed E-state index contributed by atoms with van der Waals surface area (Å²) in [5.41, 5.74) is 0.431. The van der Waals surface area contributed by atoms with Crippen LogP contribution in [0.2, 0.25) is 0 Å². The highest BCUT2D eigenvalue weighted by Crippen LogP contribution is 2.39. The Balaban J connectivity index is 2.18. The average Bonchev–Trinajstić information content (AvgIpc) is 2.84. The zero-order valence-electron chi connectivity index (χ0n) is 20.4. The smallest absolute Gasteiger partial charge is 0.315 e. The van der Waals surface area contributed by atoms with E-state index >= 15 is 0 Å². The van der Waals surface area contributed by atoms with E-state index in [1.165, 1.54) is 17.0 Å². The topological polar surface area (TPSA) is 109 Å². The van der Waals surface area contributed by atoms with E-state index in [4.69, 9.17) is 9.47 Å². The lowest BCUT2D eigenvalue weighted by Crippen LogP contribution is -2.23. The molecule has 0 fully saturated rings. The van der Waals surface area contributed by atoms with Crippen LogP contribution in [0.15, 0.2) is 44.7 Å². The number of rotatable bonds is 10. The van der Waals surface area contributed by atoms with Crippen molar-refractivity contribution in [1.29, 1.82) is 0 Å². The predicted octanol–water partition coefficient (Wildman–Crippen LogP) is 6.04. The number of nitro groups is 1. The van der Waals surface area contributed by atoms with Crippen LogP contribution in [-0.2, 0) is 0 Å². The van der Waals surface area contributed by atoms with Gasteiger partial charge in [0.2, 0.25) is 5.75 Å². The number of hydrogen-bond acceptors (Lipinski definition) is 7. The van der Waals surface area contributed by atoms with Gasteiger partial charge in [-0.1, -0.05) is 36.7 Å². The molecule has 0 radical (unpaired) electrons. The van der Waals surface area contributed by atoms with E-state index in [-0.39, 0.29) is 34.8 Å². The molecule has 3 rings (SSSR count). The summed E-state index contributed by atoms with van der Waals surface area (Å²) in [6.07, 6.45) is 2.61. The van der Waals surface area contributed by atoms with Crippen LogP contribution < -0.4 is 15.0 Å². The third-order valence-electron chi connectivity index (χ3n) is 5.66. The maximum absolute atomic E-state index is 13.3. The first-order chi connectivity index (χ1) is 16.7. The van der Waals surface area contributed by atoms with Crippen LogP contribution >= 0.6 is 15.9 Å². The Hall–Kier alpha value is -3.27. The summed E-state index contributed by atoms with van der Waals surface area (Å²) < 4.78 is 13.5. The maximum Gasteiger partial charge on any atom is 0.315 e. The van der Waals surface area contributed by atoms with Gasteiger partial charge in [-0.25, -0.2) is 4.98 Å². The molecule has 2 atom stereocenters. The second-order valence-corrected chi connectivity index (χ2v) is 9.11. The molecule has 1 aromatic heterocycles. The van der Waals surface area contributed by atoms with E-state index in [0.717, 1.165) is 10.9 Å². The Bertz CT molecular complexity index is 1320. The molecule has 3 aromatic rings. The summed E-state index contributed by atoms with van der Waals surface area (Å²) >= 11 is 3.40. The molecule has 9 nitrogen and oxygen atoms in total. The Labute approximate surface area is 212 Å². The normalized spacial score (nSPS) is 13.2. The standard InChI is InChI=1S/C25H29BrN4O5/c1-6-15(4)24-28-20-10-9-18(26)13-19(20)25(31)29(24)27-14-17-11-21(30(32)33)23(35-16(5)7-2)22(12-17)34-8-3/h9-16H,6-8H2,1-5H3/t15-,16-/m1/s1. The van der Waals surface area contributed by atoms with Crippen molar-refractivity contribution in [3.05, 3.63) is 66.7 Å². The number of nitrogens with zero attached hydrogens (tertiary/aromatic N) is 4. The van der Waals surface area contributed by atoms with Crippen molar-refractivity contribution < 1.29 is 14.4 Å². The zero-order valence-corrected chi connectivity index (χ0v) is 22.0. The van der Waals surface area contributed by atoms with Gasteiger partial charge in [0, 0.05) is 22.0 Å². The van der Waals surface area contributed by atoms with Gasteiger partial charge < -0.3 is 9.47 Å². The summed E-state index contributed by atoms with van der Waals surface area (Å²) in [5.74, 6) is 0.809. The molecule has 0 N–H and O–H groups in total. The molecule has 0 bridgehead atoms. The fourth-order valence-electron chi connectivity index (χ4n) is 3.39.